The standard InChI is InChI=1S/C13H17FN2O/c1-9-12(15)7-6-11(13(9)14)5-3-4-8-16-10(2)17/h3,5-7H,4,8,15H2,1-2H3,(H,16,17). The number of rotatable bonds is 4. The van der Waals surface area contributed by atoms with Crippen LogP contribution in [0.1, 0.15) is 24.5 Å². The van der Waals surface area contributed by atoms with E-state index in [-0.39, 0.29) is 11.7 Å². The number of carbonyl (C=O) groups excluding carboxylic acids is 1. The molecule has 0 aromatic heterocycles. The molecule has 1 rings (SSSR count). The van der Waals surface area contributed by atoms with E-state index in [0.29, 0.717) is 29.8 Å². The molecule has 0 aliphatic carbocycles. The zero-order chi connectivity index (χ0) is 12.8. The van der Waals surface area contributed by atoms with E-state index >= 15 is 0 Å². The van der Waals surface area contributed by atoms with Gasteiger partial charge in [-0.05, 0) is 25.5 Å². The topological polar surface area (TPSA) is 55.1 Å². The number of amides is 1. The van der Waals surface area contributed by atoms with Crippen LogP contribution in [0.4, 0.5) is 10.1 Å². The molecule has 0 saturated carbocycles. The zero-order valence-corrected chi connectivity index (χ0v) is 10.1. The first-order valence-electron chi connectivity index (χ1n) is 5.48. The third-order valence-electron chi connectivity index (χ3n) is 2.44. The maximum absolute atomic E-state index is 13.7. The first-order valence-corrected chi connectivity index (χ1v) is 5.48. The third-order valence-corrected chi connectivity index (χ3v) is 2.44. The van der Waals surface area contributed by atoms with Crippen LogP contribution in [0.3, 0.4) is 0 Å². The fourth-order valence-corrected chi connectivity index (χ4v) is 1.39. The maximum Gasteiger partial charge on any atom is 0.216 e. The molecule has 0 aliphatic heterocycles. The molecule has 3 N–H and O–H groups in total. The number of benzene rings is 1. The van der Waals surface area contributed by atoms with Crippen molar-refractivity contribution < 1.29 is 9.18 Å². The molecule has 0 atom stereocenters. The summed E-state index contributed by atoms with van der Waals surface area (Å²) in [6, 6.07) is 3.33. The monoisotopic (exact) mass is 236 g/mol. The normalized spacial score (nSPS) is 10.8. The Hall–Kier alpha value is -1.84. The molecule has 1 aromatic rings. The van der Waals surface area contributed by atoms with E-state index in [4.69, 9.17) is 5.73 Å². The fourth-order valence-electron chi connectivity index (χ4n) is 1.39. The second-order valence-corrected chi connectivity index (χ2v) is 3.86. The van der Waals surface area contributed by atoms with Crippen LogP contribution in [-0.4, -0.2) is 12.5 Å². The summed E-state index contributed by atoms with van der Waals surface area (Å²) in [4.78, 5) is 10.6. The average Bonchev–Trinajstić information content (AvgIpc) is 2.28. The molecule has 0 fully saturated rings. The molecular formula is C13H17FN2O. The van der Waals surface area contributed by atoms with Crippen LogP contribution in [0, 0.1) is 12.7 Å². The van der Waals surface area contributed by atoms with Crippen LogP contribution in [-0.2, 0) is 4.79 Å². The van der Waals surface area contributed by atoms with Crippen molar-refractivity contribution in [2.75, 3.05) is 12.3 Å². The molecule has 0 unspecified atom stereocenters. The molecule has 4 heteroatoms. The van der Waals surface area contributed by atoms with Crippen LogP contribution in [0.25, 0.3) is 6.08 Å². The van der Waals surface area contributed by atoms with E-state index in [9.17, 15) is 9.18 Å². The van der Waals surface area contributed by atoms with Crippen LogP contribution >= 0.6 is 0 Å². The summed E-state index contributed by atoms with van der Waals surface area (Å²) >= 11 is 0. The quantitative estimate of drug-likeness (QED) is 0.622. The van der Waals surface area contributed by atoms with E-state index in [1.54, 1.807) is 25.1 Å². The van der Waals surface area contributed by atoms with Gasteiger partial charge in [-0.3, -0.25) is 4.79 Å². The molecule has 3 nitrogen and oxygen atoms in total. The number of nitrogen functional groups attached to an aromatic ring is 1. The molecule has 0 heterocycles. The first-order chi connectivity index (χ1) is 8.02. The number of carbonyl (C=O) groups is 1. The van der Waals surface area contributed by atoms with E-state index in [2.05, 4.69) is 5.32 Å². The molecule has 0 bridgehead atoms. The van der Waals surface area contributed by atoms with Gasteiger partial charge in [0, 0.05) is 30.3 Å². The number of anilines is 1. The van der Waals surface area contributed by atoms with Crippen molar-refractivity contribution in [1.29, 1.82) is 0 Å². The summed E-state index contributed by atoms with van der Waals surface area (Å²) in [5.74, 6) is -0.353. The van der Waals surface area contributed by atoms with Crippen molar-refractivity contribution in [2.24, 2.45) is 0 Å². The van der Waals surface area contributed by atoms with Crippen molar-refractivity contribution in [2.45, 2.75) is 20.3 Å². The van der Waals surface area contributed by atoms with Gasteiger partial charge < -0.3 is 11.1 Å². The van der Waals surface area contributed by atoms with Gasteiger partial charge in [0.2, 0.25) is 5.91 Å². The molecule has 0 saturated heterocycles. The van der Waals surface area contributed by atoms with Crippen LogP contribution in [0.5, 0.6) is 0 Å². The van der Waals surface area contributed by atoms with Crippen molar-refractivity contribution >= 4 is 17.7 Å². The van der Waals surface area contributed by atoms with Gasteiger partial charge in [-0.1, -0.05) is 12.2 Å². The largest absolute Gasteiger partial charge is 0.398 e. The maximum atomic E-state index is 13.7. The molecule has 1 amide bonds. The van der Waals surface area contributed by atoms with Crippen LogP contribution in [0.15, 0.2) is 18.2 Å². The van der Waals surface area contributed by atoms with Gasteiger partial charge in [0.25, 0.3) is 0 Å². The van der Waals surface area contributed by atoms with E-state index in [1.165, 1.54) is 6.92 Å². The highest BCUT2D eigenvalue weighted by atomic mass is 19.1. The Labute approximate surface area is 101 Å². The number of hydrogen-bond donors (Lipinski definition) is 2. The number of nitrogens with two attached hydrogens (primary N) is 1. The number of halogens is 1. The lowest BCUT2D eigenvalue weighted by molar-refractivity contribution is -0.118. The Kier molecular flexibility index (Phi) is 4.69. The SMILES string of the molecule is CC(=O)NCCC=Cc1ccc(N)c(C)c1F. The lowest BCUT2D eigenvalue weighted by Crippen LogP contribution is -2.20. The van der Waals surface area contributed by atoms with Gasteiger partial charge in [-0.2, -0.15) is 0 Å². The summed E-state index contributed by atoms with van der Waals surface area (Å²) in [7, 11) is 0. The Morgan fingerprint density at radius 2 is 2.24 bits per heavy atom. The zero-order valence-electron chi connectivity index (χ0n) is 10.1. The van der Waals surface area contributed by atoms with Crippen molar-refractivity contribution in [3.05, 3.63) is 35.2 Å². The first kappa shape index (κ1) is 13.2. The molecule has 0 aliphatic rings. The van der Waals surface area contributed by atoms with E-state index in [1.807, 2.05) is 6.08 Å². The second kappa shape index (κ2) is 6.03. The highest BCUT2D eigenvalue weighted by molar-refractivity contribution is 5.72. The molecule has 17 heavy (non-hydrogen) atoms. The van der Waals surface area contributed by atoms with Gasteiger partial charge >= 0.3 is 0 Å². The summed E-state index contributed by atoms with van der Waals surface area (Å²) in [5.41, 5.74) is 7.02. The van der Waals surface area contributed by atoms with Gasteiger partial charge in [0.05, 0.1) is 0 Å². The summed E-state index contributed by atoms with van der Waals surface area (Å²) in [5, 5.41) is 2.66. The molecule has 0 radical (unpaired) electrons. The smallest absolute Gasteiger partial charge is 0.216 e. The van der Waals surface area contributed by atoms with Gasteiger partial charge in [0.15, 0.2) is 0 Å². The van der Waals surface area contributed by atoms with Gasteiger partial charge in [-0.15, -0.1) is 0 Å². The van der Waals surface area contributed by atoms with Crippen LogP contribution in [0.2, 0.25) is 0 Å². The van der Waals surface area contributed by atoms with E-state index in [0.717, 1.165) is 0 Å². The van der Waals surface area contributed by atoms with Crippen molar-refractivity contribution in [3.8, 4) is 0 Å². The average molecular weight is 236 g/mol. The van der Waals surface area contributed by atoms with E-state index < -0.39 is 0 Å². The third kappa shape index (κ3) is 3.90. The summed E-state index contributed by atoms with van der Waals surface area (Å²) < 4.78 is 13.7. The molecule has 1 aromatic carbocycles. The highest BCUT2D eigenvalue weighted by Gasteiger charge is 2.04. The summed E-state index contributed by atoms with van der Waals surface area (Å²) in [6.45, 7) is 3.67. The Morgan fingerprint density at radius 1 is 1.53 bits per heavy atom. The van der Waals surface area contributed by atoms with Crippen molar-refractivity contribution in [1.82, 2.24) is 5.32 Å². The second-order valence-electron chi connectivity index (χ2n) is 3.86. The Morgan fingerprint density at radius 3 is 2.88 bits per heavy atom. The van der Waals surface area contributed by atoms with Crippen molar-refractivity contribution in [3.63, 3.8) is 0 Å². The Balaban J connectivity index is 2.60. The van der Waals surface area contributed by atoms with Crippen LogP contribution < -0.4 is 11.1 Å². The number of hydrogen-bond acceptors (Lipinski definition) is 2. The predicted molar refractivity (Wildman–Crippen MR) is 67.9 cm³/mol. The minimum Gasteiger partial charge on any atom is -0.398 e. The molecule has 0 spiro atoms. The van der Waals surface area contributed by atoms with Gasteiger partial charge in [0.1, 0.15) is 5.82 Å². The Bertz CT molecular complexity index is 441. The fraction of sp³-hybridized carbons (Fsp3) is 0.308. The highest BCUT2D eigenvalue weighted by Crippen LogP contribution is 2.19. The minimum absolute atomic E-state index is 0.0621. The predicted octanol–water partition coefficient (Wildman–Crippen LogP) is 2.26. The lowest BCUT2D eigenvalue weighted by Gasteiger charge is -2.04. The van der Waals surface area contributed by atoms with Gasteiger partial charge in [-0.25, -0.2) is 4.39 Å². The minimum atomic E-state index is -0.291. The number of nitrogens with one attached hydrogen (secondary N) is 1. The molecular weight excluding hydrogens is 219 g/mol. The molecule has 92 valence electrons. The summed E-state index contributed by atoms with van der Waals surface area (Å²) in [6.07, 6.45) is 4.19. The lowest BCUT2D eigenvalue weighted by atomic mass is 10.1.